The molecule has 0 saturated carbocycles. The first-order valence-electron chi connectivity index (χ1n) is 7.46. The highest BCUT2D eigenvalue weighted by Crippen LogP contribution is 2.20. The summed E-state index contributed by atoms with van der Waals surface area (Å²) in [7, 11) is 0. The van der Waals surface area contributed by atoms with Gasteiger partial charge < -0.3 is 15.4 Å². The maximum Gasteiger partial charge on any atom is 0.321 e. The van der Waals surface area contributed by atoms with E-state index in [4.69, 9.17) is 4.74 Å². The lowest BCUT2D eigenvalue weighted by atomic mass is 10.2. The van der Waals surface area contributed by atoms with Gasteiger partial charge in [-0.15, -0.1) is 0 Å². The van der Waals surface area contributed by atoms with Gasteiger partial charge in [0.1, 0.15) is 0 Å². The Kier molecular flexibility index (Phi) is 4.60. The van der Waals surface area contributed by atoms with E-state index in [-0.39, 0.29) is 18.4 Å². The lowest BCUT2D eigenvalue weighted by Gasteiger charge is -2.14. The number of urea groups is 1. The number of halogens is 1. The number of amides is 3. The molecule has 24 heavy (non-hydrogen) atoms. The third kappa shape index (κ3) is 3.62. The van der Waals surface area contributed by atoms with Crippen molar-refractivity contribution in [2.75, 3.05) is 29.9 Å². The van der Waals surface area contributed by atoms with Crippen LogP contribution in [-0.4, -0.2) is 31.6 Å². The highest BCUT2D eigenvalue weighted by Gasteiger charge is 2.20. The summed E-state index contributed by atoms with van der Waals surface area (Å²) >= 11 is 0. The van der Waals surface area contributed by atoms with E-state index in [0.29, 0.717) is 18.8 Å². The number of rotatable bonds is 5. The monoisotopic (exact) mass is 329 g/mol. The van der Waals surface area contributed by atoms with E-state index < -0.39 is 11.7 Å². The van der Waals surface area contributed by atoms with E-state index in [2.05, 4.69) is 10.6 Å². The number of anilines is 2. The summed E-state index contributed by atoms with van der Waals surface area (Å²) in [6, 6.07) is 12.7. The zero-order valence-corrected chi connectivity index (χ0v) is 12.8. The molecular weight excluding hydrogens is 313 g/mol. The number of hydrogen-bond donors (Lipinski definition) is 2. The summed E-state index contributed by atoms with van der Waals surface area (Å²) in [6.45, 7) is 0.933. The minimum absolute atomic E-state index is 0.0306. The maximum atomic E-state index is 13.4. The number of benzene rings is 2. The second-order valence-corrected chi connectivity index (χ2v) is 5.20. The predicted octanol–water partition coefficient (Wildman–Crippen LogP) is 2.37. The molecule has 0 bridgehead atoms. The second-order valence-electron chi connectivity index (χ2n) is 5.20. The van der Waals surface area contributed by atoms with Crippen molar-refractivity contribution in [1.29, 1.82) is 0 Å². The highest BCUT2D eigenvalue weighted by molar-refractivity contribution is 5.95. The van der Waals surface area contributed by atoms with Crippen LogP contribution in [0.1, 0.15) is 0 Å². The van der Waals surface area contributed by atoms with Crippen molar-refractivity contribution in [1.82, 2.24) is 5.32 Å². The Morgan fingerprint density at radius 1 is 1.21 bits per heavy atom. The standard InChI is InChI=1S/C17H16FN3O3/c18-14-3-1-2-4-15(14)24-11-16(22)20-12-5-7-13(8-6-12)21-10-9-19-17(21)23/h1-8H,9-11H2,(H,19,23)(H,20,22). The van der Waals surface area contributed by atoms with Crippen molar-refractivity contribution in [3.05, 3.63) is 54.3 Å². The van der Waals surface area contributed by atoms with E-state index in [1.807, 2.05) is 0 Å². The van der Waals surface area contributed by atoms with Crippen molar-refractivity contribution in [3.63, 3.8) is 0 Å². The summed E-state index contributed by atoms with van der Waals surface area (Å²) in [6.07, 6.45) is 0. The molecule has 0 radical (unpaired) electrons. The molecule has 7 heteroatoms. The van der Waals surface area contributed by atoms with Gasteiger partial charge in [-0.25, -0.2) is 9.18 Å². The van der Waals surface area contributed by atoms with Gasteiger partial charge in [-0.1, -0.05) is 12.1 Å². The largest absolute Gasteiger partial charge is 0.481 e. The summed E-state index contributed by atoms with van der Waals surface area (Å²) in [4.78, 5) is 25.1. The number of hydrogen-bond acceptors (Lipinski definition) is 3. The molecule has 124 valence electrons. The minimum Gasteiger partial charge on any atom is -0.481 e. The lowest BCUT2D eigenvalue weighted by molar-refractivity contribution is -0.118. The molecule has 1 aliphatic heterocycles. The molecule has 1 saturated heterocycles. The summed E-state index contributed by atoms with van der Waals surface area (Å²) in [5.74, 6) is -0.883. The average Bonchev–Trinajstić information content (AvgIpc) is 3.01. The van der Waals surface area contributed by atoms with Crippen molar-refractivity contribution in [3.8, 4) is 5.75 Å². The van der Waals surface area contributed by atoms with Crippen LogP contribution in [-0.2, 0) is 4.79 Å². The van der Waals surface area contributed by atoms with Gasteiger partial charge in [-0.05, 0) is 36.4 Å². The van der Waals surface area contributed by atoms with Gasteiger partial charge in [-0.3, -0.25) is 9.69 Å². The van der Waals surface area contributed by atoms with Gasteiger partial charge in [0.15, 0.2) is 18.2 Å². The van der Waals surface area contributed by atoms with E-state index >= 15 is 0 Å². The summed E-state index contributed by atoms with van der Waals surface area (Å²) in [5.41, 5.74) is 1.33. The van der Waals surface area contributed by atoms with Crippen LogP contribution >= 0.6 is 0 Å². The van der Waals surface area contributed by atoms with Crippen molar-refractivity contribution in [2.24, 2.45) is 0 Å². The number of ether oxygens (including phenoxy) is 1. The van der Waals surface area contributed by atoms with Gasteiger partial charge in [-0.2, -0.15) is 0 Å². The Labute approximate surface area is 138 Å². The Bertz CT molecular complexity index is 749. The molecular formula is C17H16FN3O3. The fourth-order valence-electron chi connectivity index (χ4n) is 2.34. The molecule has 1 fully saturated rings. The van der Waals surface area contributed by atoms with Crippen molar-refractivity contribution < 1.29 is 18.7 Å². The molecule has 1 heterocycles. The first-order chi connectivity index (χ1) is 11.6. The normalized spacial score (nSPS) is 13.5. The topological polar surface area (TPSA) is 70.7 Å². The molecule has 3 rings (SSSR count). The van der Waals surface area contributed by atoms with Crippen LogP contribution in [0.4, 0.5) is 20.6 Å². The van der Waals surface area contributed by atoms with Gasteiger partial charge in [0.25, 0.3) is 5.91 Å². The zero-order valence-electron chi connectivity index (χ0n) is 12.8. The molecule has 0 unspecified atom stereocenters. The fraction of sp³-hybridized carbons (Fsp3) is 0.176. The minimum atomic E-state index is -0.515. The fourth-order valence-corrected chi connectivity index (χ4v) is 2.34. The molecule has 0 spiro atoms. The van der Waals surface area contributed by atoms with Crippen LogP contribution in [0.15, 0.2) is 48.5 Å². The maximum absolute atomic E-state index is 13.4. The number of nitrogens with one attached hydrogen (secondary N) is 2. The molecule has 3 amide bonds. The Balaban J connectivity index is 1.55. The van der Waals surface area contributed by atoms with E-state index in [0.717, 1.165) is 5.69 Å². The third-order valence-electron chi connectivity index (χ3n) is 3.51. The number of nitrogens with zero attached hydrogens (tertiary/aromatic N) is 1. The Hall–Kier alpha value is -3.09. The van der Waals surface area contributed by atoms with E-state index in [9.17, 15) is 14.0 Å². The van der Waals surface area contributed by atoms with Crippen LogP contribution in [0.25, 0.3) is 0 Å². The van der Waals surface area contributed by atoms with Crippen LogP contribution < -0.4 is 20.3 Å². The number of carbonyl (C=O) groups is 2. The predicted molar refractivity (Wildman–Crippen MR) is 87.7 cm³/mol. The first kappa shape index (κ1) is 15.8. The molecule has 0 atom stereocenters. The molecule has 2 N–H and O–H groups in total. The number of para-hydroxylation sites is 1. The van der Waals surface area contributed by atoms with Gasteiger partial charge >= 0.3 is 6.03 Å². The second kappa shape index (κ2) is 6.99. The van der Waals surface area contributed by atoms with E-state index in [1.54, 1.807) is 41.3 Å². The van der Waals surface area contributed by atoms with Crippen LogP contribution in [0.3, 0.4) is 0 Å². The first-order valence-corrected chi connectivity index (χ1v) is 7.46. The molecule has 0 aliphatic carbocycles. The van der Waals surface area contributed by atoms with Gasteiger partial charge in [0.05, 0.1) is 0 Å². The van der Waals surface area contributed by atoms with E-state index in [1.165, 1.54) is 12.1 Å². The zero-order chi connectivity index (χ0) is 16.9. The third-order valence-corrected chi connectivity index (χ3v) is 3.51. The van der Waals surface area contributed by atoms with Crippen LogP contribution in [0.2, 0.25) is 0 Å². The Morgan fingerprint density at radius 3 is 2.62 bits per heavy atom. The van der Waals surface area contributed by atoms with Gasteiger partial charge in [0, 0.05) is 24.5 Å². The lowest BCUT2D eigenvalue weighted by Crippen LogP contribution is -2.27. The molecule has 1 aliphatic rings. The van der Waals surface area contributed by atoms with Crippen molar-refractivity contribution >= 4 is 23.3 Å². The summed E-state index contributed by atoms with van der Waals surface area (Å²) in [5, 5.41) is 5.38. The quantitative estimate of drug-likeness (QED) is 0.885. The van der Waals surface area contributed by atoms with Crippen LogP contribution in [0, 0.1) is 5.82 Å². The smallest absolute Gasteiger partial charge is 0.321 e. The molecule has 2 aromatic rings. The SMILES string of the molecule is O=C(COc1ccccc1F)Nc1ccc(N2CCNC2=O)cc1. The number of carbonyl (C=O) groups excluding carboxylic acids is 2. The Morgan fingerprint density at radius 2 is 1.96 bits per heavy atom. The summed E-state index contributed by atoms with van der Waals surface area (Å²) < 4.78 is 18.5. The molecule has 2 aromatic carbocycles. The van der Waals surface area contributed by atoms with Crippen molar-refractivity contribution in [2.45, 2.75) is 0 Å². The molecule has 6 nitrogen and oxygen atoms in total. The molecule has 0 aromatic heterocycles. The van der Waals surface area contributed by atoms with Crippen LogP contribution in [0.5, 0.6) is 5.75 Å². The average molecular weight is 329 g/mol. The van der Waals surface area contributed by atoms with Gasteiger partial charge in [0.2, 0.25) is 0 Å². The highest BCUT2D eigenvalue weighted by atomic mass is 19.1.